The summed E-state index contributed by atoms with van der Waals surface area (Å²) in [5, 5.41) is 6.86. The van der Waals surface area contributed by atoms with Crippen molar-refractivity contribution in [2.75, 3.05) is 0 Å². The molecule has 0 N–H and O–H groups in total. The Balaban J connectivity index is 1.56. The van der Waals surface area contributed by atoms with Crippen molar-refractivity contribution in [3.63, 3.8) is 0 Å². The lowest BCUT2D eigenvalue weighted by Crippen LogP contribution is -1.95. The van der Waals surface area contributed by atoms with Crippen LogP contribution in [0.15, 0.2) is 109 Å². The van der Waals surface area contributed by atoms with Gasteiger partial charge in [-0.15, -0.1) is 0 Å². The molecule has 0 bridgehead atoms. The number of carbonyl (C=O) groups excluding carboxylic acids is 1. The Morgan fingerprint density at radius 1 is 0.812 bits per heavy atom. The van der Waals surface area contributed by atoms with Gasteiger partial charge in [0.15, 0.2) is 5.78 Å². The number of para-hydroxylation sites is 1. The van der Waals surface area contributed by atoms with Crippen molar-refractivity contribution in [3.8, 4) is 16.9 Å². The van der Waals surface area contributed by atoms with Crippen LogP contribution in [-0.4, -0.2) is 15.6 Å². The SMILES string of the molecule is Cc1ccc(-c2nn(-c3ccccc3)cc2/C=C/C(=O)c2cccc3ccccc23)cc1. The first kappa shape index (κ1) is 19.7. The van der Waals surface area contributed by atoms with Gasteiger partial charge in [-0.1, -0.05) is 90.5 Å². The Bertz CT molecular complexity index is 1420. The number of fused-ring (bicyclic) bond motifs is 1. The highest BCUT2D eigenvalue weighted by molar-refractivity contribution is 6.14. The highest BCUT2D eigenvalue weighted by atomic mass is 16.1. The van der Waals surface area contributed by atoms with Crippen LogP contribution in [0.25, 0.3) is 33.8 Å². The van der Waals surface area contributed by atoms with Gasteiger partial charge in [0.2, 0.25) is 0 Å². The zero-order valence-electron chi connectivity index (χ0n) is 17.8. The largest absolute Gasteiger partial charge is 0.289 e. The molecule has 5 aromatic rings. The van der Waals surface area contributed by atoms with E-state index < -0.39 is 0 Å². The number of hydrogen-bond donors (Lipinski definition) is 0. The van der Waals surface area contributed by atoms with E-state index in [1.807, 2.05) is 89.8 Å². The molecule has 0 saturated heterocycles. The zero-order valence-corrected chi connectivity index (χ0v) is 17.8. The van der Waals surface area contributed by atoms with Gasteiger partial charge in [0.1, 0.15) is 0 Å². The Morgan fingerprint density at radius 3 is 2.34 bits per heavy atom. The molecule has 1 heterocycles. The van der Waals surface area contributed by atoms with Crippen molar-refractivity contribution in [1.29, 1.82) is 0 Å². The molecule has 4 aromatic carbocycles. The summed E-state index contributed by atoms with van der Waals surface area (Å²) in [7, 11) is 0. The molecule has 0 unspecified atom stereocenters. The average molecular weight is 415 g/mol. The third-order valence-corrected chi connectivity index (χ3v) is 5.56. The van der Waals surface area contributed by atoms with E-state index in [1.165, 1.54) is 5.56 Å². The molecule has 32 heavy (non-hydrogen) atoms. The Kier molecular flexibility index (Phi) is 5.22. The van der Waals surface area contributed by atoms with Gasteiger partial charge in [-0.2, -0.15) is 5.10 Å². The number of hydrogen-bond acceptors (Lipinski definition) is 2. The van der Waals surface area contributed by atoms with Crippen molar-refractivity contribution in [3.05, 3.63) is 126 Å². The molecule has 3 nitrogen and oxygen atoms in total. The monoisotopic (exact) mass is 414 g/mol. The summed E-state index contributed by atoms with van der Waals surface area (Å²) in [4.78, 5) is 13.1. The Hall–Kier alpha value is -4.24. The highest BCUT2D eigenvalue weighted by Crippen LogP contribution is 2.26. The summed E-state index contributed by atoms with van der Waals surface area (Å²) in [6, 6.07) is 32.1. The van der Waals surface area contributed by atoms with E-state index in [-0.39, 0.29) is 5.78 Å². The maximum atomic E-state index is 13.1. The normalized spacial score (nSPS) is 11.3. The minimum Gasteiger partial charge on any atom is -0.289 e. The summed E-state index contributed by atoms with van der Waals surface area (Å²) in [6.45, 7) is 2.07. The van der Waals surface area contributed by atoms with Crippen LogP contribution in [0, 0.1) is 6.92 Å². The maximum Gasteiger partial charge on any atom is 0.186 e. The van der Waals surface area contributed by atoms with Crippen LogP contribution >= 0.6 is 0 Å². The fraction of sp³-hybridized carbons (Fsp3) is 0.0345. The van der Waals surface area contributed by atoms with Crippen LogP contribution in [-0.2, 0) is 0 Å². The van der Waals surface area contributed by atoms with Crippen LogP contribution in [0.5, 0.6) is 0 Å². The quantitative estimate of drug-likeness (QED) is 0.232. The summed E-state index contributed by atoms with van der Waals surface area (Å²) >= 11 is 0. The first-order chi connectivity index (χ1) is 15.7. The zero-order chi connectivity index (χ0) is 21.9. The summed E-state index contributed by atoms with van der Waals surface area (Å²) in [5.74, 6) is -0.0240. The Morgan fingerprint density at radius 2 is 1.53 bits per heavy atom. The van der Waals surface area contributed by atoms with E-state index in [4.69, 9.17) is 5.10 Å². The standard InChI is InChI=1S/C29H22N2O/c1-21-14-16-23(17-15-21)29-24(20-31(30-29)25-10-3-2-4-11-25)18-19-28(32)27-13-7-9-22-8-5-6-12-26(22)27/h2-20H,1H3/b19-18+. The maximum absolute atomic E-state index is 13.1. The number of carbonyl (C=O) groups is 1. The molecule has 154 valence electrons. The number of rotatable bonds is 5. The van der Waals surface area contributed by atoms with Crippen molar-refractivity contribution in [1.82, 2.24) is 9.78 Å². The molecule has 0 amide bonds. The fourth-order valence-electron chi connectivity index (χ4n) is 3.85. The second-order valence-corrected chi connectivity index (χ2v) is 7.80. The van der Waals surface area contributed by atoms with Crippen LogP contribution in [0.3, 0.4) is 0 Å². The first-order valence-corrected chi connectivity index (χ1v) is 10.6. The molecule has 0 fully saturated rings. The predicted octanol–water partition coefficient (Wildman–Crippen LogP) is 6.90. The van der Waals surface area contributed by atoms with Gasteiger partial charge < -0.3 is 0 Å². The molecular formula is C29H22N2O. The van der Waals surface area contributed by atoms with E-state index in [0.717, 1.165) is 33.3 Å². The van der Waals surface area contributed by atoms with Crippen molar-refractivity contribution < 1.29 is 4.79 Å². The van der Waals surface area contributed by atoms with Crippen LogP contribution in [0.4, 0.5) is 0 Å². The predicted molar refractivity (Wildman–Crippen MR) is 131 cm³/mol. The number of ketones is 1. The van der Waals surface area contributed by atoms with Crippen LogP contribution < -0.4 is 0 Å². The molecule has 1 aromatic heterocycles. The van der Waals surface area contributed by atoms with Gasteiger partial charge in [-0.25, -0.2) is 4.68 Å². The van der Waals surface area contributed by atoms with Gasteiger partial charge in [-0.3, -0.25) is 4.79 Å². The highest BCUT2D eigenvalue weighted by Gasteiger charge is 2.12. The van der Waals surface area contributed by atoms with Crippen LogP contribution in [0.2, 0.25) is 0 Å². The summed E-state index contributed by atoms with van der Waals surface area (Å²) < 4.78 is 1.86. The third kappa shape index (κ3) is 3.88. The molecule has 5 rings (SSSR count). The number of allylic oxidation sites excluding steroid dienone is 1. The van der Waals surface area contributed by atoms with Crippen molar-refractivity contribution in [2.45, 2.75) is 6.92 Å². The summed E-state index contributed by atoms with van der Waals surface area (Å²) in [5.41, 5.74) is 5.62. The molecule has 0 saturated carbocycles. The van der Waals surface area contributed by atoms with Crippen LogP contribution in [0.1, 0.15) is 21.5 Å². The van der Waals surface area contributed by atoms with E-state index in [0.29, 0.717) is 5.56 Å². The van der Waals surface area contributed by atoms with Gasteiger partial charge in [0, 0.05) is 22.9 Å². The smallest absolute Gasteiger partial charge is 0.186 e. The number of aromatic nitrogens is 2. The lowest BCUT2D eigenvalue weighted by atomic mass is 10.0. The van der Waals surface area contributed by atoms with E-state index in [2.05, 4.69) is 31.2 Å². The molecule has 0 radical (unpaired) electrons. The second-order valence-electron chi connectivity index (χ2n) is 7.80. The number of benzene rings is 4. The second kappa shape index (κ2) is 8.48. The van der Waals surface area contributed by atoms with E-state index in [9.17, 15) is 4.79 Å². The van der Waals surface area contributed by atoms with E-state index in [1.54, 1.807) is 6.08 Å². The number of nitrogens with zero attached hydrogens (tertiary/aromatic N) is 2. The first-order valence-electron chi connectivity index (χ1n) is 10.6. The average Bonchev–Trinajstić information content (AvgIpc) is 3.27. The van der Waals surface area contributed by atoms with Crippen molar-refractivity contribution >= 4 is 22.6 Å². The molecular weight excluding hydrogens is 392 g/mol. The molecule has 0 atom stereocenters. The van der Waals surface area contributed by atoms with E-state index >= 15 is 0 Å². The lowest BCUT2D eigenvalue weighted by Gasteiger charge is -2.03. The third-order valence-electron chi connectivity index (χ3n) is 5.56. The van der Waals surface area contributed by atoms with Gasteiger partial charge in [0.25, 0.3) is 0 Å². The topological polar surface area (TPSA) is 34.9 Å². The molecule has 0 aliphatic heterocycles. The van der Waals surface area contributed by atoms with Gasteiger partial charge in [-0.05, 0) is 42.0 Å². The Labute approximate surface area is 187 Å². The van der Waals surface area contributed by atoms with Crippen molar-refractivity contribution in [2.24, 2.45) is 0 Å². The number of aryl methyl sites for hydroxylation is 1. The lowest BCUT2D eigenvalue weighted by molar-refractivity contribution is 0.104. The molecule has 0 aliphatic rings. The van der Waals surface area contributed by atoms with Gasteiger partial charge >= 0.3 is 0 Å². The molecule has 0 spiro atoms. The van der Waals surface area contributed by atoms with Gasteiger partial charge in [0.05, 0.1) is 11.4 Å². The minimum absolute atomic E-state index is 0.0240. The fourth-order valence-corrected chi connectivity index (χ4v) is 3.85. The molecule has 3 heteroatoms. The summed E-state index contributed by atoms with van der Waals surface area (Å²) in [6.07, 6.45) is 5.48. The minimum atomic E-state index is -0.0240. The molecule has 0 aliphatic carbocycles.